The first-order valence-electron chi connectivity index (χ1n) is 10.1. The van der Waals surface area contributed by atoms with Crippen molar-refractivity contribution in [2.45, 2.75) is 18.9 Å². The minimum atomic E-state index is -0.373. The molecule has 0 bridgehead atoms. The largest absolute Gasteiger partial charge is 0.497 e. The first kappa shape index (κ1) is 20.7. The summed E-state index contributed by atoms with van der Waals surface area (Å²) in [5.41, 5.74) is 2.31. The smallest absolute Gasteiger partial charge is 0.229 e. The van der Waals surface area contributed by atoms with Gasteiger partial charge in [-0.1, -0.05) is 12.1 Å². The van der Waals surface area contributed by atoms with Crippen LogP contribution in [0.2, 0.25) is 0 Å². The van der Waals surface area contributed by atoms with E-state index in [1.54, 1.807) is 32.4 Å². The number of hydrogen-bond donors (Lipinski definition) is 1. The minimum Gasteiger partial charge on any atom is -0.497 e. The van der Waals surface area contributed by atoms with Crippen molar-refractivity contribution < 1.29 is 19.1 Å². The number of carbonyl (C=O) groups excluding carboxylic acids is 2. The summed E-state index contributed by atoms with van der Waals surface area (Å²) in [7, 11) is 4.97. The molecule has 1 saturated heterocycles. The second-order valence-corrected chi connectivity index (χ2v) is 7.64. The number of methoxy groups -OCH3 is 2. The average Bonchev–Trinajstić information content (AvgIpc) is 2.80. The van der Waals surface area contributed by atoms with Crippen LogP contribution in [0.4, 0.5) is 5.69 Å². The summed E-state index contributed by atoms with van der Waals surface area (Å²) < 4.78 is 10.5. The third-order valence-corrected chi connectivity index (χ3v) is 5.81. The van der Waals surface area contributed by atoms with Gasteiger partial charge in [0.15, 0.2) is 0 Å². The topological polar surface area (TPSA) is 80.8 Å². The highest BCUT2D eigenvalue weighted by molar-refractivity contribution is 5.96. The average molecular weight is 419 g/mol. The van der Waals surface area contributed by atoms with Gasteiger partial charge in [0.2, 0.25) is 11.8 Å². The number of fused-ring (bicyclic) bond motifs is 1. The van der Waals surface area contributed by atoms with Crippen LogP contribution in [-0.2, 0) is 9.59 Å². The SMILES string of the molecule is COc1ccc(C2C(C(=O)Nc3cnc4cc(OC)ccc4c3)CCC(=O)N2C)cc1. The number of benzene rings is 2. The summed E-state index contributed by atoms with van der Waals surface area (Å²) in [4.78, 5) is 31.7. The van der Waals surface area contributed by atoms with Crippen LogP contribution in [0.5, 0.6) is 11.5 Å². The Morgan fingerprint density at radius 2 is 1.77 bits per heavy atom. The first-order valence-corrected chi connectivity index (χ1v) is 10.1. The standard InChI is InChI=1S/C24H25N3O4/c1-27-22(28)11-10-20(23(27)15-4-7-18(30-2)8-5-15)24(29)26-17-12-16-6-9-19(31-3)13-21(16)25-14-17/h4-9,12-14,20,23H,10-11H2,1-3H3,(H,26,29). The number of rotatable bonds is 5. The Morgan fingerprint density at radius 3 is 2.48 bits per heavy atom. The lowest BCUT2D eigenvalue weighted by atomic mass is 9.84. The number of amides is 2. The summed E-state index contributed by atoms with van der Waals surface area (Å²) in [5, 5.41) is 3.90. The Hall–Kier alpha value is -3.61. The number of hydrogen-bond acceptors (Lipinski definition) is 5. The van der Waals surface area contributed by atoms with Gasteiger partial charge in [-0.2, -0.15) is 0 Å². The molecule has 7 heteroatoms. The predicted molar refractivity (Wildman–Crippen MR) is 118 cm³/mol. The molecule has 160 valence electrons. The number of ether oxygens (including phenoxy) is 2. The van der Waals surface area contributed by atoms with Crippen LogP contribution in [0, 0.1) is 5.92 Å². The fraction of sp³-hybridized carbons (Fsp3) is 0.292. The molecule has 1 fully saturated rings. The number of aromatic nitrogens is 1. The molecule has 1 aromatic heterocycles. The second-order valence-electron chi connectivity index (χ2n) is 7.64. The van der Waals surface area contributed by atoms with Crippen LogP contribution in [0.15, 0.2) is 54.7 Å². The number of likely N-dealkylation sites (tertiary alicyclic amines) is 1. The van der Waals surface area contributed by atoms with Crippen molar-refractivity contribution in [1.82, 2.24) is 9.88 Å². The van der Waals surface area contributed by atoms with Gasteiger partial charge < -0.3 is 19.7 Å². The molecule has 0 radical (unpaired) electrons. The van der Waals surface area contributed by atoms with Crippen LogP contribution >= 0.6 is 0 Å². The molecule has 1 aliphatic heterocycles. The molecule has 2 aromatic carbocycles. The normalized spacial score (nSPS) is 18.7. The van der Waals surface area contributed by atoms with E-state index >= 15 is 0 Å². The van der Waals surface area contributed by atoms with Gasteiger partial charge in [-0.05, 0) is 42.3 Å². The third kappa shape index (κ3) is 4.17. The Kier molecular flexibility index (Phi) is 5.75. The molecule has 1 aliphatic rings. The minimum absolute atomic E-state index is 0.0335. The molecule has 2 atom stereocenters. The maximum Gasteiger partial charge on any atom is 0.229 e. The van der Waals surface area contributed by atoms with Crippen LogP contribution < -0.4 is 14.8 Å². The molecule has 1 N–H and O–H groups in total. The second kappa shape index (κ2) is 8.63. The lowest BCUT2D eigenvalue weighted by molar-refractivity contribution is -0.140. The lowest BCUT2D eigenvalue weighted by Crippen LogP contribution is -2.44. The zero-order valence-corrected chi connectivity index (χ0v) is 17.8. The number of piperidine rings is 1. The molecule has 2 unspecified atom stereocenters. The molecule has 2 amide bonds. The highest BCUT2D eigenvalue weighted by Crippen LogP contribution is 2.37. The Morgan fingerprint density at radius 1 is 1.06 bits per heavy atom. The Labute approximate surface area is 181 Å². The summed E-state index contributed by atoms with van der Waals surface area (Å²) in [6.07, 6.45) is 2.47. The molecule has 2 heterocycles. The molecule has 0 aliphatic carbocycles. The number of pyridine rings is 1. The van der Waals surface area contributed by atoms with Crippen LogP contribution in [-0.4, -0.2) is 43.0 Å². The maximum absolute atomic E-state index is 13.2. The van der Waals surface area contributed by atoms with E-state index in [4.69, 9.17) is 9.47 Å². The van der Waals surface area contributed by atoms with E-state index in [1.165, 1.54) is 0 Å². The van der Waals surface area contributed by atoms with E-state index in [-0.39, 0.29) is 23.8 Å². The van der Waals surface area contributed by atoms with Crippen molar-refractivity contribution in [3.05, 3.63) is 60.3 Å². The third-order valence-electron chi connectivity index (χ3n) is 5.81. The van der Waals surface area contributed by atoms with Gasteiger partial charge in [-0.25, -0.2) is 0 Å². The summed E-state index contributed by atoms with van der Waals surface area (Å²) in [6.45, 7) is 0. The molecule has 31 heavy (non-hydrogen) atoms. The number of carbonyl (C=O) groups is 2. The van der Waals surface area contributed by atoms with E-state index < -0.39 is 0 Å². The summed E-state index contributed by atoms with van der Waals surface area (Å²) >= 11 is 0. The van der Waals surface area contributed by atoms with Gasteiger partial charge in [0.25, 0.3) is 0 Å². The van der Waals surface area contributed by atoms with E-state index in [0.29, 0.717) is 18.5 Å². The van der Waals surface area contributed by atoms with Crippen LogP contribution in [0.3, 0.4) is 0 Å². The van der Waals surface area contributed by atoms with Crippen molar-refractivity contribution in [2.24, 2.45) is 5.92 Å². The molecular weight excluding hydrogens is 394 g/mol. The van der Waals surface area contributed by atoms with Gasteiger partial charge in [-0.15, -0.1) is 0 Å². The molecule has 0 spiro atoms. The van der Waals surface area contributed by atoms with Crippen molar-refractivity contribution in [3.8, 4) is 11.5 Å². The molecule has 4 rings (SSSR count). The van der Waals surface area contributed by atoms with Gasteiger partial charge in [0, 0.05) is 24.9 Å². The summed E-state index contributed by atoms with van der Waals surface area (Å²) in [6, 6.07) is 14.7. The van der Waals surface area contributed by atoms with E-state index in [9.17, 15) is 9.59 Å². The Bertz CT molecular complexity index is 1110. The highest BCUT2D eigenvalue weighted by atomic mass is 16.5. The lowest BCUT2D eigenvalue weighted by Gasteiger charge is -2.38. The van der Waals surface area contributed by atoms with Gasteiger partial charge in [0.1, 0.15) is 11.5 Å². The van der Waals surface area contributed by atoms with E-state index in [0.717, 1.165) is 28.0 Å². The number of anilines is 1. The molecule has 0 saturated carbocycles. The van der Waals surface area contributed by atoms with Crippen molar-refractivity contribution in [3.63, 3.8) is 0 Å². The first-order chi connectivity index (χ1) is 15.0. The number of nitrogens with one attached hydrogen (secondary N) is 1. The predicted octanol–water partition coefficient (Wildman–Crippen LogP) is 3.80. The molecule has 3 aromatic rings. The highest BCUT2D eigenvalue weighted by Gasteiger charge is 2.38. The van der Waals surface area contributed by atoms with Crippen molar-refractivity contribution in [2.75, 3.05) is 26.6 Å². The van der Waals surface area contributed by atoms with Crippen molar-refractivity contribution >= 4 is 28.4 Å². The fourth-order valence-corrected chi connectivity index (χ4v) is 4.10. The van der Waals surface area contributed by atoms with Gasteiger partial charge in [-0.3, -0.25) is 14.6 Å². The van der Waals surface area contributed by atoms with Gasteiger partial charge in [0.05, 0.1) is 43.6 Å². The van der Waals surface area contributed by atoms with Crippen molar-refractivity contribution in [1.29, 1.82) is 0 Å². The van der Waals surface area contributed by atoms with Crippen LogP contribution in [0.1, 0.15) is 24.4 Å². The van der Waals surface area contributed by atoms with E-state index in [2.05, 4.69) is 10.3 Å². The number of nitrogens with zero attached hydrogens (tertiary/aromatic N) is 2. The molecular formula is C24H25N3O4. The zero-order chi connectivity index (χ0) is 22.0. The monoisotopic (exact) mass is 419 g/mol. The quantitative estimate of drug-likeness (QED) is 0.680. The summed E-state index contributed by atoms with van der Waals surface area (Å²) in [5.74, 6) is 0.992. The van der Waals surface area contributed by atoms with Crippen LogP contribution in [0.25, 0.3) is 10.9 Å². The fourth-order valence-electron chi connectivity index (χ4n) is 4.10. The maximum atomic E-state index is 13.2. The van der Waals surface area contributed by atoms with Gasteiger partial charge >= 0.3 is 0 Å². The zero-order valence-electron chi connectivity index (χ0n) is 17.8. The molecule has 7 nitrogen and oxygen atoms in total. The Balaban J connectivity index is 1.59. The van der Waals surface area contributed by atoms with E-state index in [1.807, 2.05) is 48.5 Å².